The normalized spacial score (nSPS) is 19.7. The fourth-order valence-electron chi connectivity index (χ4n) is 1.99. The summed E-state index contributed by atoms with van der Waals surface area (Å²) in [5.74, 6) is -0.183. The van der Waals surface area contributed by atoms with E-state index in [1.165, 1.54) is 0 Å². The molecule has 5 nitrogen and oxygen atoms in total. The molecule has 0 aliphatic carbocycles. The second-order valence-electron chi connectivity index (χ2n) is 4.70. The van der Waals surface area contributed by atoms with E-state index in [0.717, 1.165) is 31.4 Å². The van der Waals surface area contributed by atoms with Gasteiger partial charge in [0.2, 0.25) is 0 Å². The van der Waals surface area contributed by atoms with Gasteiger partial charge >= 0.3 is 5.97 Å². The molecule has 2 rings (SSSR count). The molecule has 1 aliphatic heterocycles. The zero-order valence-electron chi connectivity index (χ0n) is 10.8. The highest BCUT2D eigenvalue weighted by molar-refractivity contribution is 5.69. The van der Waals surface area contributed by atoms with Gasteiger partial charge in [-0.25, -0.2) is 0 Å². The Morgan fingerprint density at radius 3 is 3.17 bits per heavy atom. The van der Waals surface area contributed by atoms with Gasteiger partial charge in [0, 0.05) is 12.8 Å². The van der Waals surface area contributed by atoms with Gasteiger partial charge in [-0.3, -0.25) is 9.48 Å². The van der Waals surface area contributed by atoms with Crippen LogP contribution in [0.1, 0.15) is 31.2 Å². The summed E-state index contributed by atoms with van der Waals surface area (Å²) in [6.07, 6.45) is 7.41. The molecule has 0 amide bonds. The van der Waals surface area contributed by atoms with Gasteiger partial charge in [0.15, 0.2) is 0 Å². The predicted molar refractivity (Wildman–Crippen MR) is 66.1 cm³/mol. The molecule has 1 fully saturated rings. The van der Waals surface area contributed by atoms with Gasteiger partial charge in [0.1, 0.15) is 6.61 Å². The molecule has 0 radical (unpaired) electrons. The third-order valence-corrected chi connectivity index (χ3v) is 3.01. The Morgan fingerprint density at radius 2 is 2.50 bits per heavy atom. The van der Waals surface area contributed by atoms with Gasteiger partial charge in [-0.2, -0.15) is 5.10 Å². The molecule has 0 spiro atoms. The van der Waals surface area contributed by atoms with Crippen LogP contribution < -0.4 is 0 Å². The number of hydrogen-bond donors (Lipinski definition) is 0. The maximum Gasteiger partial charge on any atom is 0.307 e. The Morgan fingerprint density at radius 1 is 1.61 bits per heavy atom. The van der Waals surface area contributed by atoms with Crippen molar-refractivity contribution in [2.45, 2.75) is 45.3 Å². The van der Waals surface area contributed by atoms with Gasteiger partial charge < -0.3 is 9.47 Å². The van der Waals surface area contributed by atoms with Crippen molar-refractivity contribution in [2.24, 2.45) is 0 Å². The largest absolute Gasteiger partial charge is 0.463 e. The van der Waals surface area contributed by atoms with Crippen LogP contribution in [0.2, 0.25) is 0 Å². The first-order valence-electron chi connectivity index (χ1n) is 6.50. The quantitative estimate of drug-likeness (QED) is 0.748. The molecule has 0 saturated carbocycles. The zero-order valence-corrected chi connectivity index (χ0v) is 10.8. The predicted octanol–water partition coefficient (Wildman–Crippen LogP) is 1.69. The monoisotopic (exact) mass is 252 g/mol. The van der Waals surface area contributed by atoms with Gasteiger partial charge in [0.25, 0.3) is 0 Å². The van der Waals surface area contributed by atoms with Crippen LogP contribution in [0.3, 0.4) is 0 Å². The van der Waals surface area contributed by atoms with Crippen LogP contribution in [0, 0.1) is 6.92 Å². The maximum atomic E-state index is 11.5. The number of esters is 1. The number of nitrogens with zero attached hydrogens (tertiary/aromatic N) is 2. The first kappa shape index (κ1) is 13.1. The Balaban J connectivity index is 1.62. The van der Waals surface area contributed by atoms with Crippen LogP contribution in [-0.4, -0.2) is 35.1 Å². The van der Waals surface area contributed by atoms with Crippen LogP contribution in [0.5, 0.6) is 0 Å². The van der Waals surface area contributed by atoms with E-state index in [2.05, 4.69) is 5.10 Å². The van der Waals surface area contributed by atoms with Crippen molar-refractivity contribution in [1.29, 1.82) is 0 Å². The van der Waals surface area contributed by atoms with Crippen LogP contribution in [0.4, 0.5) is 0 Å². The zero-order chi connectivity index (χ0) is 12.8. The number of carbonyl (C=O) groups excluding carboxylic acids is 1. The van der Waals surface area contributed by atoms with Gasteiger partial charge in [0.05, 0.1) is 25.3 Å². The van der Waals surface area contributed by atoms with Crippen molar-refractivity contribution in [1.82, 2.24) is 9.78 Å². The van der Waals surface area contributed by atoms with Crippen molar-refractivity contribution in [2.75, 3.05) is 13.2 Å². The molecule has 1 aliphatic rings. The Hall–Kier alpha value is -1.36. The summed E-state index contributed by atoms with van der Waals surface area (Å²) in [6, 6.07) is 0. The SMILES string of the molecule is Cc1cnn(CCC(=O)OCC2CCCCO2)c1. The number of ether oxygens (including phenoxy) is 2. The van der Waals surface area contributed by atoms with E-state index >= 15 is 0 Å². The van der Waals surface area contributed by atoms with E-state index in [0.29, 0.717) is 19.6 Å². The number of carbonyl (C=O) groups is 1. The van der Waals surface area contributed by atoms with Crippen molar-refractivity contribution in [3.8, 4) is 0 Å². The lowest BCUT2D eigenvalue weighted by Gasteiger charge is -2.22. The van der Waals surface area contributed by atoms with Crippen molar-refractivity contribution in [3.63, 3.8) is 0 Å². The lowest BCUT2D eigenvalue weighted by atomic mass is 10.1. The summed E-state index contributed by atoms with van der Waals surface area (Å²) >= 11 is 0. The minimum absolute atomic E-state index is 0.0923. The molecule has 1 unspecified atom stereocenters. The van der Waals surface area contributed by atoms with Gasteiger partial charge in [-0.1, -0.05) is 0 Å². The molecular formula is C13H20N2O3. The third-order valence-electron chi connectivity index (χ3n) is 3.01. The lowest BCUT2D eigenvalue weighted by Crippen LogP contribution is -2.26. The average Bonchev–Trinajstić information content (AvgIpc) is 2.81. The highest BCUT2D eigenvalue weighted by atomic mass is 16.6. The Kier molecular flexibility index (Phi) is 4.75. The summed E-state index contributed by atoms with van der Waals surface area (Å²) in [7, 11) is 0. The summed E-state index contributed by atoms with van der Waals surface area (Å²) < 4.78 is 12.5. The molecule has 1 aromatic heterocycles. The van der Waals surface area contributed by atoms with E-state index < -0.39 is 0 Å². The van der Waals surface area contributed by atoms with Crippen molar-refractivity contribution >= 4 is 5.97 Å². The first-order valence-corrected chi connectivity index (χ1v) is 6.50. The topological polar surface area (TPSA) is 53.4 Å². The minimum atomic E-state index is -0.183. The van der Waals surface area contributed by atoms with E-state index in [1.807, 2.05) is 13.1 Å². The molecule has 1 saturated heterocycles. The average molecular weight is 252 g/mol. The fraction of sp³-hybridized carbons (Fsp3) is 0.692. The second kappa shape index (κ2) is 6.54. The smallest absolute Gasteiger partial charge is 0.307 e. The van der Waals surface area contributed by atoms with Crippen LogP contribution in [0.25, 0.3) is 0 Å². The Labute approximate surface area is 107 Å². The molecule has 2 heterocycles. The van der Waals surface area contributed by atoms with Crippen molar-refractivity contribution < 1.29 is 14.3 Å². The molecular weight excluding hydrogens is 232 g/mol. The fourth-order valence-corrected chi connectivity index (χ4v) is 1.99. The third kappa shape index (κ3) is 4.14. The van der Waals surface area contributed by atoms with Gasteiger partial charge in [-0.15, -0.1) is 0 Å². The van der Waals surface area contributed by atoms with Crippen molar-refractivity contribution in [3.05, 3.63) is 18.0 Å². The molecule has 0 bridgehead atoms. The van der Waals surface area contributed by atoms with E-state index in [1.54, 1.807) is 10.9 Å². The lowest BCUT2D eigenvalue weighted by molar-refractivity contribution is -0.149. The molecule has 0 aromatic carbocycles. The summed E-state index contributed by atoms with van der Waals surface area (Å²) in [5.41, 5.74) is 1.10. The number of hydrogen-bond acceptors (Lipinski definition) is 4. The molecule has 18 heavy (non-hydrogen) atoms. The second-order valence-corrected chi connectivity index (χ2v) is 4.70. The molecule has 100 valence electrons. The molecule has 1 aromatic rings. The Bertz CT molecular complexity index is 383. The summed E-state index contributed by atoms with van der Waals surface area (Å²) in [6.45, 7) is 3.71. The summed E-state index contributed by atoms with van der Waals surface area (Å²) in [4.78, 5) is 11.5. The number of aromatic nitrogens is 2. The van der Waals surface area contributed by atoms with E-state index in [4.69, 9.17) is 9.47 Å². The maximum absolute atomic E-state index is 11.5. The summed E-state index contributed by atoms with van der Waals surface area (Å²) in [5, 5.41) is 4.12. The number of aryl methyl sites for hydroxylation is 2. The molecule has 1 atom stereocenters. The van der Waals surface area contributed by atoms with E-state index in [9.17, 15) is 4.79 Å². The standard InChI is InChI=1S/C13H20N2O3/c1-11-8-14-15(9-11)6-5-13(16)18-10-12-4-2-3-7-17-12/h8-9,12H,2-7,10H2,1H3. The number of rotatable bonds is 5. The van der Waals surface area contributed by atoms with E-state index in [-0.39, 0.29) is 12.1 Å². The minimum Gasteiger partial charge on any atom is -0.463 e. The molecule has 5 heteroatoms. The van der Waals surface area contributed by atoms with Crippen LogP contribution >= 0.6 is 0 Å². The van der Waals surface area contributed by atoms with Gasteiger partial charge in [-0.05, 0) is 31.7 Å². The first-order chi connectivity index (χ1) is 8.74. The van der Waals surface area contributed by atoms with Crippen LogP contribution in [-0.2, 0) is 20.8 Å². The highest BCUT2D eigenvalue weighted by Crippen LogP contribution is 2.12. The molecule has 0 N–H and O–H groups in total. The highest BCUT2D eigenvalue weighted by Gasteiger charge is 2.15. The van der Waals surface area contributed by atoms with Crippen LogP contribution in [0.15, 0.2) is 12.4 Å².